The topological polar surface area (TPSA) is 63.4 Å². The molecule has 0 bridgehead atoms. The summed E-state index contributed by atoms with van der Waals surface area (Å²) in [4.78, 5) is 0.231. The van der Waals surface area contributed by atoms with Crippen molar-refractivity contribution in [1.82, 2.24) is 4.31 Å². The predicted molar refractivity (Wildman–Crippen MR) is 78.5 cm³/mol. The molecule has 0 radical (unpaired) electrons. The summed E-state index contributed by atoms with van der Waals surface area (Å²) < 4.78 is 52.8. The second kappa shape index (κ2) is 5.70. The molecule has 114 valence electrons. The van der Waals surface area contributed by atoms with Gasteiger partial charge in [0.05, 0.1) is 0 Å². The third-order valence-electron chi connectivity index (χ3n) is 3.11. The lowest BCUT2D eigenvalue weighted by molar-refractivity contribution is 0.461. The summed E-state index contributed by atoms with van der Waals surface area (Å²) in [5, 5.41) is 1.85. The number of rotatable bonds is 4. The Balaban J connectivity index is 2.38. The van der Waals surface area contributed by atoms with Crippen LogP contribution in [0.15, 0.2) is 28.5 Å². The van der Waals surface area contributed by atoms with Gasteiger partial charge in [0.2, 0.25) is 10.0 Å². The van der Waals surface area contributed by atoms with E-state index in [1.54, 1.807) is 0 Å². The maximum absolute atomic E-state index is 13.9. The van der Waals surface area contributed by atoms with Crippen LogP contribution in [0.4, 0.5) is 14.5 Å². The van der Waals surface area contributed by atoms with E-state index in [0.717, 1.165) is 26.9 Å². The van der Waals surface area contributed by atoms with Gasteiger partial charge in [0.1, 0.15) is 16.4 Å². The van der Waals surface area contributed by atoms with Gasteiger partial charge in [0, 0.05) is 18.5 Å². The molecule has 1 heterocycles. The molecule has 1 aromatic heterocycles. The van der Waals surface area contributed by atoms with Crippen LogP contribution in [0.5, 0.6) is 0 Å². The van der Waals surface area contributed by atoms with Crippen LogP contribution in [-0.4, -0.2) is 19.8 Å². The van der Waals surface area contributed by atoms with E-state index in [1.165, 1.54) is 18.4 Å². The number of nitrogens with zero attached hydrogens (tertiary/aromatic N) is 1. The predicted octanol–water partition coefficient (Wildman–Crippen LogP) is 2.74. The Morgan fingerprint density at radius 2 is 1.95 bits per heavy atom. The van der Waals surface area contributed by atoms with Crippen LogP contribution in [0.3, 0.4) is 0 Å². The lowest BCUT2D eigenvalue weighted by Crippen LogP contribution is -2.27. The molecule has 2 N–H and O–H groups in total. The molecule has 21 heavy (non-hydrogen) atoms. The standard InChI is InChI=1S/C13H14F2N2O2S2/c1-8-5-6-20-10(8)7-17(2)21(18,19)11-4-3-9(14)13(16)12(11)15/h3-6H,7,16H2,1-2H3. The van der Waals surface area contributed by atoms with E-state index in [2.05, 4.69) is 0 Å². The van der Waals surface area contributed by atoms with Crippen LogP contribution in [-0.2, 0) is 16.6 Å². The first-order chi connectivity index (χ1) is 9.75. The molecule has 0 aliphatic rings. The monoisotopic (exact) mass is 332 g/mol. The highest BCUT2D eigenvalue weighted by Gasteiger charge is 2.27. The zero-order chi connectivity index (χ0) is 15.8. The van der Waals surface area contributed by atoms with Gasteiger partial charge in [0.25, 0.3) is 0 Å². The fraction of sp³-hybridized carbons (Fsp3) is 0.231. The number of aryl methyl sites for hydroxylation is 1. The number of benzene rings is 1. The minimum atomic E-state index is -4.08. The zero-order valence-corrected chi connectivity index (χ0v) is 13.1. The molecule has 0 saturated heterocycles. The largest absolute Gasteiger partial charge is 0.394 e. The summed E-state index contributed by atoms with van der Waals surface area (Å²) in [7, 11) is -2.74. The molecule has 2 rings (SSSR count). The van der Waals surface area contributed by atoms with E-state index in [-0.39, 0.29) is 6.54 Å². The van der Waals surface area contributed by atoms with Crippen molar-refractivity contribution in [1.29, 1.82) is 0 Å². The normalized spacial score (nSPS) is 12.0. The third kappa shape index (κ3) is 2.92. The number of halogens is 2. The summed E-state index contributed by atoms with van der Waals surface area (Å²) >= 11 is 1.41. The number of hydrogen-bond acceptors (Lipinski definition) is 4. The Kier molecular flexibility index (Phi) is 4.31. The summed E-state index contributed by atoms with van der Waals surface area (Å²) in [5.74, 6) is -2.24. The van der Waals surface area contributed by atoms with Gasteiger partial charge in [-0.25, -0.2) is 17.2 Å². The van der Waals surface area contributed by atoms with Crippen LogP contribution in [0.25, 0.3) is 0 Å². The molecule has 0 saturated carbocycles. The molecule has 0 fully saturated rings. The minimum absolute atomic E-state index is 0.114. The number of anilines is 1. The summed E-state index contributed by atoms with van der Waals surface area (Å²) in [5.41, 5.74) is 5.37. The lowest BCUT2D eigenvalue weighted by Gasteiger charge is -2.18. The maximum atomic E-state index is 13.9. The lowest BCUT2D eigenvalue weighted by atomic mass is 10.3. The zero-order valence-electron chi connectivity index (χ0n) is 11.4. The molecule has 0 unspecified atom stereocenters. The molecule has 0 spiro atoms. The quantitative estimate of drug-likeness (QED) is 0.876. The second-order valence-electron chi connectivity index (χ2n) is 4.56. The Labute approximate surface area is 125 Å². The SMILES string of the molecule is Cc1ccsc1CN(C)S(=O)(=O)c1ccc(F)c(N)c1F. The number of nitrogen functional groups attached to an aromatic ring is 1. The van der Waals surface area contributed by atoms with Crippen LogP contribution < -0.4 is 5.73 Å². The molecule has 0 aliphatic heterocycles. The van der Waals surface area contributed by atoms with Gasteiger partial charge in [-0.15, -0.1) is 11.3 Å². The van der Waals surface area contributed by atoms with E-state index < -0.39 is 32.2 Å². The first-order valence-corrected chi connectivity index (χ1v) is 8.30. The van der Waals surface area contributed by atoms with E-state index in [4.69, 9.17) is 5.73 Å². The number of thiophene rings is 1. The highest BCUT2D eigenvalue weighted by molar-refractivity contribution is 7.89. The average molecular weight is 332 g/mol. The highest BCUT2D eigenvalue weighted by atomic mass is 32.2. The van der Waals surface area contributed by atoms with Crippen molar-refractivity contribution in [2.24, 2.45) is 0 Å². The van der Waals surface area contributed by atoms with Crippen LogP contribution in [0.2, 0.25) is 0 Å². The number of sulfonamides is 1. The molecule has 0 aliphatic carbocycles. The van der Waals surface area contributed by atoms with E-state index in [0.29, 0.717) is 0 Å². The second-order valence-corrected chi connectivity index (χ2v) is 7.58. The molecule has 4 nitrogen and oxygen atoms in total. The van der Waals surface area contributed by atoms with E-state index in [1.807, 2.05) is 18.4 Å². The molecule has 2 aromatic rings. The summed E-state index contributed by atoms with van der Waals surface area (Å²) in [6, 6.07) is 3.60. The summed E-state index contributed by atoms with van der Waals surface area (Å²) in [6.07, 6.45) is 0. The first-order valence-electron chi connectivity index (χ1n) is 5.98. The van der Waals surface area contributed by atoms with Crippen molar-refractivity contribution in [2.45, 2.75) is 18.4 Å². The molecular weight excluding hydrogens is 318 g/mol. The van der Waals surface area contributed by atoms with Crippen LogP contribution in [0, 0.1) is 18.6 Å². The third-order valence-corrected chi connectivity index (χ3v) is 5.94. The van der Waals surface area contributed by atoms with Crippen molar-refractivity contribution in [3.8, 4) is 0 Å². The summed E-state index contributed by atoms with van der Waals surface area (Å²) in [6.45, 7) is 1.98. The molecule has 1 aromatic carbocycles. The molecule has 8 heteroatoms. The smallest absolute Gasteiger partial charge is 0.246 e. The van der Waals surface area contributed by atoms with Crippen molar-refractivity contribution < 1.29 is 17.2 Å². The Morgan fingerprint density at radius 1 is 1.29 bits per heavy atom. The van der Waals surface area contributed by atoms with Crippen LogP contribution in [0.1, 0.15) is 10.4 Å². The fourth-order valence-corrected chi connectivity index (χ4v) is 4.02. The van der Waals surface area contributed by atoms with E-state index >= 15 is 0 Å². The van der Waals surface area contributed by atoms with Gasteiger partial charge in [-0.2, -0.15) is 4.31 Å². The van der Waals surface area contributed by atoms with Gasteiger partial charge < -0.3 is 5.73 Å². The Hall–Kier alpha value is -1.51. The average Bonchev–Trinajstić information content (AvgIpc) is 2.81. The van der Waals surface area contributed by atoms with Crippen molar-refractivity contribution in [3.63, 3.8) is 0 Å². The van der Waals surface area contributed by atoms with Crippen molar-refractivity contribution >= 4 is 27.0 Å². The van der Waals surface area contributed by atoms with Gasteiger partial charge in [-0.3, -0.25) is 0 Å². The van der Waals surface area contributed by atoms with Crippen LogP contribution >= 0.6 is 11.3 Å². The Bertz CT molecular complexity index is 772. The van der Waals surface area contributed by atoms with Crippen molar-refractivity contribution in [2.75, 3.05) is 12.8 Å². The molecule has 0 amide bonds. The highest BCUT2D eigenvalue weighted by Crippen LogP contribution is 2.27. The van der Waals surface area contributed by atoms with Gasteiger partial charge in [-0.05, 0) is 36.1 Å². The first kappa shape index (κ1) is 15.9. The number of hydrogen-bond donors (Lipinski definition) is 1. The minimum Gasteiger partial charge on any atom is -0.394 e. The fourth-order valence-electron chi connectivity index (χ4n) is 1.77. The van der Waals surface area contributed by atoms with E-state index in [9.17, 15) is 17.2 Å². The molecular formula is C13H14F2N2O2S2. The van der Waals surface area contributed by atoms with Gasteiger partial charge >= 0.3 is 0 Å². The van der Waals surface area contributed by atoms with Crippen molar-refractivity contribution in [3.05, 3.63) is 45.7 Å². The maximum Gasteiger partial charge on any atom is 0.246 e. The van der Waals surface area contributed by atoms with Gasteiger partial charge in [-0.1, -0.05) is 0 Å². The number of nitrogens with two attached hydrogens (primary N) is 1. The van der Waals surface area contributed by atoms with Gasteiger partial charge in [0.15, 0.2) is 5.82 Å². The Morgan fingerprint density at radius 3 is 2.52 bits per heavy atom. The molecule has 0 atom stereocenters.